The van der Waals surface area contributed by atoms with E-state index in [1.54, 1.807) is 25.2 Å². The summed E-state index contributed by atoms with van der Waals surface area (Å²) in [7, 11) is -3.11. The number of thiophene rings is 1. The third-order valence-electron chi connectivity index (χ3n) is 2.69. The van der Waals surface area contributed by atoms with Gasteiger partial charge in [0.15, 0.2) is 9.84 Å². The molecule has 0 amide bonds. The first-order valence-corrected chi connectivity index (χ1v) is 9.08. The lowest BCUT2D eigenvalue weighted by Crippen LogP contribution is -2.34. The van der Waals surface area contributed by atoms with E-state index in [1.807, 2.05) is 13.0 Å². The first-order valence-electron chi connectivity index (χ1n) is 4.67. The van der Waals surface area contributed by atoms with Gasteiger partial charge in [-0.3, -0.25) is 0 Å². The highest BCUT2D eigenvalue weighted by Crippen LogP contribution is 2.43. The Morgan fingerprint density at radius 2 is 1.94 bits per heavy atom. The number of alkyl halides is 1. The van der Waals surface area contributed by atoms with Crippen molar-refractivity contribution in [2.45, 2.75) is 30.3 Å². The second kappa shape index (κ2) is 4.71. The predicted octanol–water partition coefficient (Wildman–Crippen LogP) is 4.08. The summed E-state index contributed by atoms with van der Waals surface area (Å²) in [5, 5.41) is 0. The molecule has 0 saturated heterocycles. The quantitative estimate of drug-likeness (QED) is 0.730. The van der Waals surface area contributed by atoms with Crippen LogP contribution in [0.5, 0.6) is 0 Å². The highest BCUT2D eigenvalue weighted by molar-refractivity contribution is 9.10. The van der Waals surface area contributed by atoms with Crippen LogP contribution in [0.15, 0.2) is 10.5 Å². The van der Waals surface area contributed by atoms with Crippen LogP contribution in [0.25, 0.3) is 0 Å². The van der Waals surface area contributed by atoms with Gasteiger partial charge >= 0.3 is 0 Å². The van der Waals surface area contributed by atoms with Crippen molar-refractivity contribution in [1.29, 1.82) is 0 Å². The van der Waals surface area contributed by atoms with Gasteiger partial charge in [-0.25, -0.2) is 8.42 Å². The molecular formula is C10H14Br2O2S2. The van der Waals surface area contributed by atoms with Gasteiger partial charge in [-0.15, -0.1) is 11.3 Å². The smallest absolute Gasteiger partial charge is 0.154 e. The molecule has 1 atom stereocenters. The molecule has 0 N–H and O–H groups in total. The molecule has 1 aromatic heterocycles. The molecule has 1 unspecified atom stereocenters. The SMILES string of the molecule is Cc1sc(C(Br)C(C)(C)S(C)(=O)=O)cc1Br. The van der Waals surface area contributed by atoms with Crippen molar-refractivity contribution >= 4 is 53.0 Å². The van der Waals surface area contributed by atoms with Crippen molar-refractivity contribution in [2.24, 2.45) is 0 Å². The van der Waals surface area contributed by atoms with E-state index in [0.29, 0.717) is 0 Å². The lowest BCUT2D eigenvalue weighted by atomic mass is 10.1. The highest BCUT2D eigenvalue weighted by Gasteiger charge is 2.39. The van der Waals surface area contributed by atoms with E-state index in [0.717, 1.165) is 14.2 Å². The summed E-state index contributed by atoms with van der Waals surface area (Å²) in [5.41, 5.74) is 0. The lowest BCUT2D eigenvalue weighted by Gasteiger charge is -2.27. The predicted molar refractivity (Wildman–Crippen MR) is 77.3 cm³/mol. The Bertz CT molecular complexity index is 469. The summed E-state index contributed by atoms with van der Waals surface area (Å²) in [5.74, 6) is 0. The monoisotopic (exact) mass is 388 g/mol. The molecule has 92 valence electrons. The summed E-state index contributed by atoms with van der Waals surface area (Å²) in [6.45, 7) is 5.49. The summed E-state index contributed by atoms with van der Waals surface area (Å²) in [6.07, 6.45) is 1.27. The van der Waals surface area contributed by atoms with Crippen molar-refractivity contribution in [2.75, 3.05) is 6.26 Å². The van der Waals surface area contributed by atoms with Crippen LogP contribution in [0.2, 0.25) is 0 Å². The minimum Gasteiger partial charge on any atom is -0.229 e. The third-order valence-corrected chi connectivity index (χ3v) is 9.28. The molecule has 0 fully saturated rings. The number of hydrogen-bond donors (Lipinski definition) is 0. The zero-order valence-electron chi connectivity index (χ0n) is 9.54. The van der Waals surface area contributed by atoms with E-state index in [9.17, 15) is 8.42 Å². The second-order valence-electron chi connectivity index (χ2n) is 4.29. The Balaban J connectivity index is 3.17. The topological polar surface area (TPSA) is 34.1 Å². The van der Waals surface area contributed by atoms with E-state index < -0.39 is 14.6 Å². The van der Waals surface area contributed by atoms with Crippen molar-refractivity contribution in [3.8, 4) is 0 Å². The maximum absolute atomic E-state index is 11.7. The fourth-order valence-electron chi connectivity index (χ4n) is 1.14. The Morgan fingerprint density at radius 1 is 1.44 bits per heavy atom. The molecule has 1 heterocycles. The van der Waals surface area contributed by atoms with Crippen molar-refractivity contribution in [1.82, 2.24) is 0 Å². The van der Waals surface area contributed by atoms with Crippen LogP contribution in [0, 0.1) is 6.92 Å². The van der Waals surface area contributed by atoms with Crippen LogP contribution in [-0.2, 0) is 9.84 Å². The number of hydrogen-bond acceptors (Lipinski definition) is 3. The summed E-state index contributed by atoms with van der Waals surface area (Å²) >= 11 is 8.55. The van der Waals surface area contributed by atoms with Gasteiger partial charge in [0, 0.05) is 20.5 Å². The van der Waals surface area contributed by atoms with Gasteiger partial charge in [0.2, 0.25) is 0 Å². The fourth-order valence-corrected chi connectivity index (χ4v) is 4.87. The lowest BCUT2D eigenvalue weighted by molar-refractivity contribution is 0.550. The van der Waals surface area contributed by atoms with Crippen LogP contribution in [0.1, 0.15) is 28.4 Å². The van der Waals surface area contributed by atoms with Crippen molar-refractivity contribution < 1.29 is 8.42 Å². The Kier molecular flexibility index (Phi) is 4.31. The largest absolute Gasteiger partial charge is 0.229 e. The first kappa shape index (κ1) is 14.7. The maximum atomic E-state index is 11.7. The van der Waals surface area contributed by atoms with Gasteiger partial charge in [0.1, 0.15) is 0 Å². The van der Waals surface area contributed by atoms with E-state index in [1.165, 1.54) is 6.26 Å². The molecule has 0 spiro atoms. The maximum Gasteiger partial charge on any atom is 0.154 e. The van der Waals surface area contributed by atoms with Crippen LogP contribution in [-0.4, -0.2) is 19.4 Å². The minimum absolute atomic E-state index is 0.190. The molecule has 0 radical (unpaired) electrons. The average Bonchev–Trinajstić information content (AvgIpc) is 2.43. The Hall–Kier alpha value is 0.610. The number of rotatable bonds is 3. The van der Waals surface area contributed by atoms with Gasteiger partial charge in [-0.2, -0.15) is 0 Å². The van der Waals surface area contributed by atoms with E-state index in [-0.39, 0.29) is 4.83 Å². The van der Waals surface area contributed by atoms with Crippen molar-refractivity contribution in [3.05, 3.63) is 20.3 Å². The van der Waals surface area contributed by atoms with Gasteiger partial charge in [-0.05, 0) is 42.8 Å². The Labute approximate surface area is 118 Å². The molecular weight excluding hydrogens is 376 g/mol. The number of aryl methyl sites for hydroxylation is 1. The second-order valence-corrected chi connectivity index (χ2v) is 9.95. The standard InChI is InChI=1S/C10H14Br2O2S2/c1-6-7(11)5-8(15-6)9(12)10(2,3)16(4,13)14/h5,9H,1-4H3. The molecule has 0 saturated carbocycles. The number of halogens is 2. The average molecular weight is 390 g/mol. The van der Waals surface area contributed by atoms with Crippen molar-refractivity contribution in [3.63, 3.8) is 0 Å². The van der Waals surface area contributed by atoms with E-state index >= 15 is 0 Å². The third kappa shape index (κ3) is 2.71. The van der Waals surface area contributed by atoms with Crippen LogP contribution < -0.4 is 0 Å². The van der Waals surface area contributed by atoms with Gasteiger partial charge < -0.3 is 0 Å². The zero-order chi connectivity index (χ0) is 12.7. The molecule has 16 heavy (non-hydrogen) atoms. The van der Waals surface area contributed by atoms with E-state index in [4.69, 9.17) is 0 Å². The molecule has 0 aromatic carbocycles. The molecule has 0 aliphatic heterocycles. The normalized spacial score (nSPS) is 15.1. The highest BCUT2D eigenvalue weighted by atomic mass is 79.9. The van der Waals surface area contributed by atoms with Crippen LogP contribution in [0.4, 0.5) is 0 Å². The van der Waals surface area contributed by atoms with E-state index in [2.05, 4.69) is 31.9 Å². The summed E-state index contributed by atoms with van der Waals surface area (Å²) in [4.78, 5) is 1.99. The minimum atomic E-state index is -3.11. The zero-order valence-corrected chi connectivity index (χ0v) is 14.3. The Morgan fingerprint density at radius 3 is 2.25 bits per heavy atom. The van der Waals surface area contributed by atoms with Gasteiger partial charge in [0.05, 0.1) is 9.57 Å². The summed E-state index contributed by atoms with van der Waals surface area (Å²) < 4.78 is 23.7. The molecule has 0 bridgehead atoms. The molecule has 0 aliphatic rings. The van der Waals surface area contributed by atoms with Crippen LogP contribution in [0.3, 0.4) is 0 Å². The summed E-state index contributed by atoms with van der Waals surface area (Å²) in [6, 6.07) is 1.98. The molecule has 0 aliphatic carbocycles. The molecule has 2 nitrogen and oxygen atoms in total. The van der Waals surface area contributed by atoms with Gasteiger partial charge in [0.25, 0.3) is 0 Å². The number of sulfone groups is 1. The van der Waals surface area contributed by atoms with Crippen LogP contribution >= 0.6 is 43.2 Å². The van der Waals surface area contributed by atoms with Gasteiger partial charge in [-0.1, -0.05) is 15.9 Å². The molecule has 1 aromatic rings. The molecule has 6 heteroatoms. The first-order chi connectivity index (χ1) is 7.07. The fraction of sp³-hybridized carbons (Fsp3) is 0.600. The molecule has 1 rings (SSSR count).